The number of carboxylic acids is 1. The molecule has 6 heteroatoms. The summed E-state index contributed by atoms with van der Waals surface area (Å²) in [6.45, 7) is 1.28. The van der Waals surface area contributed by atoms with Crippen LogP contribution in [0.25, 0.3) is 0 Å². The molecule has 0 bridgehead atoms. The number of hydrogen-bond acceptors (Lipinski definition) is 3. The number of nitrogens with zero attached hydrogens (tertiary/aromatic N) is 3. The van der Waals surface area contributed by atoms with Gasteiger partial charge in [0.1, 0.15) is 5.56 Å². The minimum Gasteiger partial charge on any atom is -0.478 e. The van der Waals surface area contributed by atoms with Crippen LogP contribution in [-0.4, -0.2) is 32.8 Å². The lowest BCUT2D eigenvalue weighted by molar-refractivity contribution is 0.0694. The zero-order chi connectivity index (χ0) is 14.7. The standard InChI is InChI=1S/C14H16BrN3O2/c1-17(8-10-3-5-11(15)6-4-10)9-13-12(14(19)20)7-16-18(13)2/h3-7H,8-9H2,1-2H3,(H,19,20). The minimum absolute atomic E-state index is 0.259. The van der Waals surface area contributed by atoms with Gasteiger partial charge < -0.3 is 5.11 Å². The molecule has 0 aliphatic rings. The fourth-order valence-corrected chi connectivity index (χ4v) is 2.31. The summed E-state index contributed by atoms with van der Waals surface area (Å²) in [6, 6.07) is 8.08. The molecule has 0 unspecified atom stereocenters. The van der Waals surface area contributed by atoms with Gasteiger partial charge in [-0.15, -0.1) is 0 Å². The maximum absolute atomic E-state index is 11.1. The Morgan fingerprint density at radius 3 is 2.60 bits per heavy atom. The Morgan fingerprint density at radius 2 is 2.00 bits per heavy atom. The molecular weight excluding hydrogens is 322 g/mol. The minimum atomic E-state index is -0.940. The van der Waals surface area contributed by atoms with E-state index in [0.29, 0.717) is 12.2 Å². The van der Waals surface area contributed by atoms with E-state index in [1.165, 1.54) is 11.8 Å². The quantitative estimate of drug-likeness (QED) is 0.910. The van der Waals surface area contributed by atoms with E-state index in [1.807, 2.05) is 31.3 Å². The molecule has 20 heavy (non-hydrogen) atoms. The van der Waals surface area contributed by atoms with Crippen molar-refractivity contribution in [1.82, 2.24) is 14.7 Å². The normalized spacial score (nSPS) is 11.0. The van der Waals surface area contributed by atoms with E-state index in [2.05, 4.69) is 25.9 Å². The summed E-state index contributed by atoms with van der Waals surface area (Å²) in [5.41, 5.74) is 2.14. The number of aryl methyl sites for hydroxylation is 1. The number of aromatic carboxylic acids is 1. The van der Waals surface area contributed by atoms with Gasteiger partial charge >= 0.3 is 5.97 Å². The third-order valence-corrected chi connectivity index (χ3v) is 3.61. The molecule has 0 saturated heterocycles. The molecule has 0 amide bonds. The first-order valence-corrected chi connectivity index (χ1v) is 6.94. The van der Waals surface area contributed by atoms with Crippen LogP contribution in [0.1, 0.15) is 21.6 Å². The van der Waals surface area contributed by atoms with Crippen LogP contribution in [0.4, 0.5) is 0 Å². The van der Waals surface area contributed by atoms with Crippen LogP contribution in [-0.2, 0) is 20.1 Å². The first-order chi connectivity index (χ1) is 9.47. The topological polar surface area (TPSA) is 58.4 Å². The Bertz CT molecular complexity index is 607. The smallest absolute Gasteiger partial charge is 0.339 e. The average Bonchev–Trinajstić information content (AvgIpc) is 2.74. The summed E-state index contributed by atoms with van der Waals surface area (Å²) < 4.78 is 2.66. The molecule has 0 fully saturated rings. The van der Waals surface area contributed by atoms with Gasteiger partial charge in [0.2, 0.25) is 0 Å². The lowest BCUT2D eigenvalue weighted by Crippen LogP contribution is -2.20. The molecule has 0 atom stereocenters. The van der Waals surface area contributed by atoms with Gasteiger partial charge in [0.25, 0.3) is 0 Å². The number of carbonyl (C=O) groups is 1. The Morgan fingerprint density at radius 1 is 1.35 bits per heavy atom. The van der Waals surface area contributed by atoms with Crippen LogP contribution in [0.15, 0.2) is 34.9 Å². The zero-order valence-corrected chi connectivity index (χ0v) is 13.0. The van der Waals surface area contributed by atoms with Gasteiger partial charge in [-0.1, -0.05) is 28.1 Å². The number of hydrogen-bond donors (Lipinski definition) is 1. The number of halogens is 1. The number of rotatable bonds is 5. The Kier molecular flexibility index (Phi) is 4.57. The number of benzene rings is 1. The van der Waals surface area contributed by atoms with Gasteiger partial charge in [0.15, 0.2) is 0 Å². The molecule has 0 radical (unpaired) electrons. The zero-order valence-electron chi connectivity index (χ0n) is 11.4. The summed E-state index contributed by atoms with van der Waals surface area (Å²) in [4.78, 5) is 13.2. The summed E-state index contributed by atoms with van der Waals surface area (Å²) in [7, 11) is 3.72. The third-order valence-electron chi connectivity index (χ3n) is 3.08. The van der Waals surface area contributed by atoms with Crippen LogP contribution < -0.4 is 0 Å². The molecule has 0 saturated carbocycles. The number of carboxylic acid groups (broad SMARTS) is 1. The Hall–Kier alpha value is -1.66. The van der Waals surface area contributed by atoms with E-state index in [9.17, 15) is 4.79 Å². The van der Waals surface area contributed by atoms with Crippen molar-refractivity contribution in [2.45, 2.75) is 13.1 Å². The van der Waals surface area contributed by atoms with Crippen molar-refractivity contribution < 1.29 is 9.90 Å². The summed E-state index contributed by atoms with van der Waals surface area (Å²) in [5.74, 6) is -0.940. The monoisotopic (exact) mass is 337 g/mol. The van der Waals surface area contributed by atoms with Crippen LogP contribution in [0.2, 0.25) is 0 Å². The maximum Gasteiger partial charge on any atom is 0.339 e. The molecule has 1 aromatic carbocycles. The van der Waals surface area contributed by atoms with Crippen LogP contribution in [0.5, 0.6) is 0 Å². The van der Waals surface area contributed by atoms with Gasteiger partial charge in [0, 0.05) is 24.6 Å². The highest BCUT2D eigenvalue weighted by Gasteiger charge is 2.16. The van der Waals surface area contributed by atoms with Gasteiger partial charge in [-0.25, -0.2) is 4.79 Å². The van der Waals surface area contributed by atoms with Gasteiger partial charge in [-0.3, -0.25) is 9.58 Å². The fraction of sp³-hybridized carbons (Fsp3) is 0.286. The second-order valence-electron chi connectivity index (χ2n) is 4.73. The molecule has 0 spiro atoms. The van der Waals surface area contributed by atoms with Gasteiger partial charge in [-0.2, -0.15) is 5.10 Å². The van der Waals surface area contributed by atoms with E-state index in [4.69, 9.17) is 5.11 Å². The maximum atomic E-state index is 11.1. The average molecular weight is 338 g/mol. The van der Waals surface area contributed by atoms with Crippen molar-refractivity contribution >= 4 is 21.9 Å². The molecule has 5 nitrogen and oxygen atoms in total. The fourth-order valence-electron chi connectivity index (χ4n) is 2.04. The van der Waals surface area contributed by atoms with E-state index < -0.39 is 5.97 Å². The summed E-state index contributed by atoms with van der Waals surface area (Å²) in [6.07, 6.45) is 1.39. The van der Waals surface area contributed by atoms with Crippen LogP contribution >= 0.6 is 15.9 Å². The molecule has 2 aromatic rings. The molecule has 1 aromatic heterocycles. The van der Waals surface area contributed by atoms with Crippen molar-refractivity contribution in [3.05, 3.63) is 51.8 Å². The Labute approximate surface area is 126 Å². The SMILES string of the molecule is CN(Cc1ccc(Br)cc1)Cc1c(C(=O)O)cnn1C. The summed E-state index contributed by atoms with van der Waals surface area (Å²) >= 11 is 3.40. The van der Waals surface area contributed by atoms with Crippen molar-refractivity contribution in [3.8, 4) is 0 Å². The second-order valence-corrected chi connectivity index (χ2v) is 5.65. The van der Waals surface area contributed by atoms with E-state index in [-0.39, 0.29) is 5.56 Å². The molecule has 0 aliphatic carbocycles. The predicted octanol–water partition coefficient (Wildman–Crippen LogP) is 2.51. The third kappa shape index (κ3) is 3.46. The largest absolute Gasteiger partial charge is 0.478 e. The molecule has 1 N–H and O–H groups in total. The van der Waals surface area contributed by atoms with Crippen molar-refractivity contribution in [1.29, 1.82) is 0 Å². The first kappa shape index (κ1) is 14.7. The predicted molar refractivity (Wildman–Crippen MR) is 79.5 cm³/mol. The first-order valence-electron chi connectivity index (χ1n) is 6.14. The molecule has 1 heterocycles. The molecular formula is C14H16BrN3O2. The molecule has 106 valence electrons. The Balaban J connectivity index is 2.08. The van der Waals surface area contributed by atoms with Crippen molar-refractivity contribution in [2.24, 2.45) is 7.05 Å². The highest BCUT2D eigenvalue weighted by Crippen LogP contribution is 2.14. The van der Waals surface area contributed by atoms with Crippen molar-refractivity contribution in [2.75, 3.05) is 7.05 Å². The van der Waals surface area contributed by atoms with Gasteiger partial charge in [0.05, 0.1) is 11.9 Å². The van der Waals surface area contributed by atoms with E-state index in [0.717, 1.165) is 11.0 Å². The highest BCUT2D eigenvalue weighted by molar-refractivity contribution is 9.10. The van der Waals surface area contributed by atoms with E-state index >= 15 is 0 Å². The highest BCUT2D eigenvalue weighted by atomic mass is 79.9. The lowest BCUT2D eigenvalue weighted by Gasteiger charge is -2.17. The lowest BCUT2D eigenvalue weighted by atomic mass is 10.2. The van der Waals surface area contributed by atoms with Crippen molar-refractivity contribution in [3.63, 3.8) is 0 Å². The molecule has 2 rings (SSSR count). The second kappa shape index (κ2) is 6.19. The number of aromatic nitrogens is 2. The van der Waals surface area contributed by atoms with Crippen LogP contribution in [0, 0.1) is 0 Å². The summed E-state index contributed by atoms with van der Waals surface area (Å²) in [5, 5.41) is 13.1. The molecule has 0 aliphatic heterocycles. The van der Waals surface area contributed by atoms with Crippen LogP contribution in [0.3, 0.4) is 0 Å². The van der Waals surface area contributed by atoms with Gasteiger partial charge in [-0.05, 0) is 24.7 Å². The van der Waals surface area contributed by atoms with E-state index in [1.54, 1.807) is 11.7 Å².